The highest BCUT2D eigenvalue weighted by Gasteiger charge is 2.15. The van der Waals surface area contributed by atoms with Crippen LogP contribution in [0.25, 0.3) is 11.0 Å². The number of carbonyl (C=O) groups excluding carboxylic acids is 1. The highest BCUT2D eigenvalue weighted by Crippen LogP contribution is 2.27. The zero-order chi connectivity index (χ0) is 13.1. The average Bonchev–Trinajstić information content (AvgIpc) is 2.39. The number of fused-ring (bicyclic) bond motifs is 1. The molecular weight excluding hydrogens is 256 g/mol. The molecule has 0 spiro atoms. The van der Waals surface area contributed by atoms with Crippen LogP contribution in [0.5, 0.6) is 0 Å². The molecule has 0 bridgehead atoms. The van der Waals surface area contributed by atoms with E-state index in [0.29, 0.717) is 16.7 Å². The van der Waals surface area contributed by atoms with Crippen LogP contribution in [0.15, 0.2) is 33.5 Å². The minimum atomic E-state index is -0.614. The van der Waals surface area contributed by atoms with E-state index in [-0.39, 0.29) is 11.6 Å². The van der Waals surface area contributed by atoms with Gasteiger partial charge in [-0.2, -0.15) is 0 Å². The summed E-state index contributed by atoms with van der Waals surface area (Å²) in [5.41, 5.74) is 0.425. The first-order valence-electron chi connectivity index (χ1n) is 5.26. The van der Waals surface area contributed by atoms with Gasteiger partial charge in [-0.25, -0.2) is 4.79 Å². The third-order valence-electron chi connectivity index (χ3n) is 2.45. The lowest BCUT2D eigenvalue weighted by Gasteiger charge is -2.10. The number of hydrogen-bond donors (Lipinski definition) is 2. The standard InChI is InChI=1S/C12H11ClN2O3/c1-14-10-7-4-2-3-5-8(7)18-12(17)11(10)15-9(16)6-13/h2-5,14H,6H2,1H3,(H,15,16). The summed E-state index contributed by atoms with van der Waals surface area (Å²) in [4.78, 5) is 23.1. The lowest BCUT2D eigenvalue weighted by Crippen LogP contribution is -2.20. The highest BCUT2D eigenvalue weighted by molar-refractivity contribution is 6.29. The molecule has 1 amide bonds. The molecule has 94 valence electrons. The van der Waals surface area contributed by atoms with E-state index in [4.69, 9.17) is 16.0 Å². The molecule has 1 heterocycles. The minimum Gasteiger partial charge on any atom is -0.421 e. The van der Waals surface area contributed by atoms with Gasteiger partial charge in [-0.3, -0.25) is 4.79 Å². The van der Waals surface area contributed by atoms with Gasteiger partial charge >= 0.3 is 5.63 Å². The predicted octanol–water partition coefficient (Wildman–Crippen LogP) is 2.01. The third-order valence-corrected chi connectivity index (χ3v) is 2.69. The van der Waals surface area contributed by atoms with Crippen LogP contribution in [0.4, 0.5) is 11.4 Å². The topological polar surface area (TPSA) is 71.3 Å². The number of amides is 1. The van der Waals surface area contributed by atoms with Crippen molar-refractivity contribution < 1.29 is 9.21 Å². The summed E-state index contributed by atoms with van der Waals surface area (Å²) in [7, 11) is 1.66. The van der Waals surface area contributed by atoms with Crippen LogP contribution < -0.4 is 16.3 Å². The molecule has 18 heavy (non-hydrogen) atoms. The Labute approximate surface area is 108 Å². The molecule has 2 N–H and O–H groups in total. The molecule has 1 aromatic carbocycles. The zero-order valence-electron chi connectivity index (χ0n) is 9.62. The molecule has 0 radical (unpaired) electrons. The number of halogens is 1. The summed E-state index contributed by atoms with van der Waals surface area (Å²) in [6, 6.07) is 7.06. The minimum absolute atomic E-state index is 0.0712. The van der Waals surface area contributed by atoms with Crippen molar-refractivity contribution in [3.05, 3.63) is 34.7 Å². The molecule has 0 saturated carbocycles. The van der Waals surface area contributed by atoms with Gasteiger partial charge in [0.15, 0.2) is 5.69 Å². The van der Waals surface area contributed by atoms with Crippen molar-refractivity contribution in [2.75, 3.05) is 23.6 Å². The van der Waals surface area contributed by atoms with Crippen LogP contribution in [0, 0.1) is 0 Å². The Kier molecular flexibility index (Phi) is 3.53. The van der Waals surface area contributed by atoms with Crippen molar-refractivity contribution in [3.8, 4) is 0 Å². The van der Waals surface area contributed by atoms with Crippen molar-refractivity contribution in [1.82, 2.24) is 0 Å². The second-order valence-corrected chi connectivity index (χ2v) is 3.83. The molecule has 0 aliphatic carbocycles. The normalized spacial score (nSPS) is 10.3. The monoisotopic (exact) mass is 266 g/mol. The maximum absolute atomic E-state index is 11.8. The largest absolute Gasteiger partial charge is 0.421 e. The molecule has 0 saturated heterocycles. The first kappa shape index (κ1) is 12.4. The maximum atomic E-state index is 11.8. The van der Waals surface area contributed by atoms with E-state index in [2.05, 4.69) is 10.6 Å². The maximum Gasteiger partial charge on any atom is 0.362 e. The van der Waals surface area contributed by atoms with Gasteiger partial charge in [0, 0.05) is 12.4 Å². The van der Waals surface area contributed by atoms with Crippen molar-refractivity contribution >= 4 is 39.9 Å². The summed E-state index contributed by atoms with van der Waals surface area (Å²) >= 11 is 5.40. The lowest BCUT2D eigenvalue weighted by molar-refractivity contribution is -0.113. The van der Waals surface area contributed by atoms with E-state index < -0.39 is 11.5 Å². The molecule has 2 aromatic rings. The summed E-state index contributed by atoms with van der Waals surface area (Å²) < 4.78 is 5.13. The molecule has 1 aromatic heterocycles. The van der Waals surface area contributed by atoms with Gasteiger partial charge in [-0.1, -0.05) is 12.1 Å². The average molecular weight is 267 g/mol. The van der Waals surface area contributed by atoms with Gasteiger partial charge in [-0.15, -0.1) is 11.6 Å². The van der Waals surface area contributed by atoms with Crippen molar-refractivity contribution in [3.63, 3.8) is 0 Å². The van der Waals surface area contributed by atoms with Crippen LogP contribution in [0.1, 0.15) is 0 Å². The molecule has 5 nitrogen and oxygen atoms in total. The molecule has 0 unspecified atom stereocenters. The van der Waals surface area contributed by atoms with Crippen molar-refractivity contribution in [2.24, 2.45) is 0 Å². The molecular formula is C12H11ClN2O3. The molecule has 0 aliphatic rings. The molecule has 0 aliphatic heterocycles. The van der Waals surface area contributed by atoms with Crippen molar-refractivity contribution in [2.45, 2.75) is 0 Å². The number of anilines is 2. The fraction of sp³-hybridized carbons (Fsp3) is 0.167. The smallest absolute Gasteiger partial charge is 0.362 e. The van der Waals surface area contributed by atoms with Gasteiger partial charge < -0.3 is 15.1 Å². The number of benzene rings is 1. The predicted molar refractivity (Wildman–Crippen MR) is 71.4 cm³/mol. The zero-order valence-corrected chi connectivity index (χ0v) is 10.4. The Morgan fingerprint density at radius 3 is 2.72 bits per heavy atom. The molecule has 2 rings (SSSR count). The Morgan fingerprint density at radius 2 is 2.06 bits per heavy atom. The van der Waals surface area contributed by atoms with E-state index in [0.717, 1.165) is 0 Å². The van der Waals surface area contributed by atoms with E-state index in [9.17, 15) is 9.59 Å². The Balaban J connectivity index is 2.68. The van der Waals surface area contributed by atoms with Gasteiger partial charge in [0.25, 0.3) is 0 Å². The van der Waals surface area contributed by atoms with Gasteiger partial charge in [0.1, 0.15) is 11.5 Å². The van der Waals surface area contributed by atoms with Crippen LogP contribution in [0.2, 0.25) is 0 Å². The second-order valence-electron chi connectivity index (χ2n) is 3.57. The van der Waals surface area contributed by atoms with E-state index in [1.54, 1.807) is 25.2 Å². The molecule has 0 fully saturated rings. The Morgan fingerprint density at radius 1 is 1.33 bits per heavy atom. The number of nitrogens with one attached hydrogen (secondary N) is 2. The molecule has 0 atom stereocenters. The number of para-hydroxylation sites is 1. The number of hydrogen-bond acceptors (Lipinski definition) is 4. The van der Waals surface area contributed by atoms with E-state index in [1.165, 1.54) is 0 Å². The summed E-state index contributed by atoms with van der Waals surface area (Å²) in [5.74, 6) is -0.689. The number of alkyl halides is 1. The van der Waals surface area contributed by atoms with Crippen LogP contribution in [-0.2, 0) is 4.79 Å². The quantitative estimate of drug-likeness (QED) is 0.659. The van der Waals surface area contributed by atoms with E-state index >= 15 is 0 Å². The number of rotatable bonds is 3. The van der Waals surface area contributed by atoms with Gasteiger partial charge in [0.05, 0.1) is 5.69 Å². The van der Waals surface area contributed by atoms with E-state index in [1.807, 2.05) is 6.07 Å². The first-order valence-corrected chi connectivity index (χ1v) is 5.80. The third kappa shape index (κ3) is 2.17. The van der Waals surface area contributed by atoms with Crippen molar-refractivity contribution in [1.29, 1.82) is 0 Å². The summed E-state index contributed by atoms with van der Waals surface area (Å²) in [5, 5.41) is 6.04. The highest BCUT2D eigenvalue weighted by atomic mass is 35.5. The lowest BCUT2D eigenvalue weighted by atomic mass is 10.2. The molecule has 6 heteroatoms. The Hall–Kier alpha value is -2.01. The second kappa shape index (κ2) is 5.10. The summed E-state index contributed by atoms with van der Waals surface area (Å²) in [6.07, 6.45) is 0. The van der Waals surface area contributed by atoms with Gasteiger partial charge in [0.2, 0.25) is 5.91 Å². The summed E-state index contributed by atoms with van der Waals surface area (Å²) in [6.45, 7) is 0. The fourth-order valence-corrected chi connectivity index (χ4v) is 1.76. The first-order chi connectivity index (χ1) is 8.67. The number of carbonyl (C=O) groups is 1. The van der Waals surface area contributed by atoms with Crippen LogP contribution in [-0.4, -0.2) is 18.8 Å². The fourth-order valence-electron chi connectivity index (χ4n) is 1.70. The van der Waals surface area contributed by atoms with Crippen LogP contribution in [0.3, 0.4) is 0 Å². The Bertz CT molecular complexity index is 651. The SMILES string of the molecule is CNc1c(NC(=O)CCl)c(=O)oc2ccccc12. The van der Waals surface area contributed by atoms with Gasteiger partial charge in [-0.05, 0) is 12.1 Å². The van der Waals surface area contributed by atoms with Crippen LogP contribution >= 0.6 is 11.6 Å².